The average Bonchev–Trinajstić information content (AvgIpc) is 3.69. The fourth-order valence-electron chi connectivity index (χ4n) is 8.65. The van der Waals surface area contributed by atoms with Crippen molar-refractivity contribution in [1.82, 2.24) is 14.5 Å². The first-order valence-corrected chi connectivity index (χ1v) is 22.8. The smallest absolute Gasteiger partial charge is 0.148 e. The maximum Gasteiger partial charge on any atom is 0.148 e. The molecule has 8 aromatic rings. The number of benzene rings is 6. The molecule has 0 saturated heterocycles. The van der Waals surface area contributed by atoms with Gasteiger partial charge in [0, 0.05) is 50.9 Å². The molecule has 1 N–H and O–H groups in total. The molecular formula is C62H68N3OPt-. The molecule has 0 atom stereocenters. The summed E-state index contributed by atoms with van der Waals surface area (Å²) in [4.78, 5) is 10.5. The van der Waals surface area contributed by atoms with Crippen LogP contribution in [0.15, 0.2) is 134 Å². The fraction of sp³-hybridized carbons (Fsp3) is 0.323. The van der Waals surface area contributed by atoms with Crippen molar-refractivity contribution < 1.29 is 38.5 Å². The Morgan fingerprint density at radius 2 is 1.10 bits per heavy atom. The van der Waals surface area contributed by atoms with Crippen molar-refractivity contribution in [3.63, 3.8) is 0 Å². The van der Waals surface area contributed by atoms with Crippen LogP contribution in [-0.2, 0) is 48.1 Å². The van der Waals surface area contributed by atoms with Gasteiger partial charge in [0.15, 0.2) is 0 Å². The van der Waals surface area contributed by atoms with Gasteiger partial charge in [0.25, 0.3) is 0 Å². The Kier molecular flexibility index (Phi) is 10.2. The van der Waals surface area contributed by atoms with Crippen LogP contribution in [0.4, 0.5) is 0 Å². The number of pyridine rings is 1. The van der Waals surface area contributed by atoms with Crippen molar-refractivity contribution >= 4 is 11.0 Å². The summed E-state index contributed by atoms with van der Waals surface area (Å²) in [7, 11) is 0. The van der Waals surface area contributed by atoms with Gasteiger partial charge < -0.3 is 5.11 Å². The van der Waals surface area contributed by atoms with Gasteiger partial charge in [-0.05, 0) is 96.4 Å². The van der Waals surface area contributed by atoms with E-state index in [1.165, 1.54) is 12.1 Å². The van der Waals surface area contributed by atoms with E-state index < -0.39 is 31.4 Å². The first kappa shape index (κ1) is 38.4. The van der Waals surface area contributed by atoms with Crippen molar-refractivity contribution in [2.24, 2.45) is 0 Å². The topological polar surface area (TPSA) is 50.9 Å². The zero-order valence-electron chi connectivity index (χ0n) is 49.8. The predicted octanol–water partition coefficient (Wildman–Crippen LogP) is 16.7. The first-order chi connectivity index (χ1) is 34.5. The second-order valence-electron chi connectivity index (χ2n) is 21.9. The monoisotopic (exact) mass is 1070 g/mol. The van der Waals surface area contributed by atoms with Gasteiger partial charge in [-0.3, -0.25) is 9.55 Å². The summed E-state index contributed by atoms with van der Waals surface area (Å²) in [6.45, 7) is 15.9. The van der Waals surface area contributed by atoms with E-state index in [4.69, 9.17) is 22.3 Å². The summed E-state index contributed by atoms with van der Waals surface area (Å²) in [5.74, 6) is 0.785. The molecule has 5 heteroatoms. The van der Waals surface area contributed by atoms with E-state index >= 15 is 0 Å². The molecule has 0 amide bonds. The number of hydrogen-bond acceptors (Lipinski definition) is 3. The van der Waals surface area contributed by atoms with E-state index in [-0.39, 0.29) is 48.6 Å². The zero-order valence-corrected chi connectivity index (χ0v) is 43.1. The van der Waals surface area contributed by atoms with E-state index in [0.29, 0.717) is 33.8 Å². The summed E-state index contributed by atoms with van der Waals surface area (Å²) >= 11 is 0. The predicted molar refractivity (Wildman–Crippen MR) is 280 cm³/mol. The normalized spacial score (nSPS) is 15.2. The number of hydrogen-bond donors (Lipinski definition) is 1. The van der Waals surface area contributed by atoms with Crippen LogP contribution in [0.5, 0.6) is 5.75 Å². The summed E-state index contributed by atoms with van der Waals surface area (Å²) in [5, 5.41) is 12.6. The minimum Gasteiger partial charge on any atom is -0.507 e. The molecule has 0 radical (unpaired) electrons. The molecule has 2 aromatic heterocycles. The molecule has 0 unspecified atom stereocenters. The second kappa shape index (κ2) is 17.8. The SMILES string of the molecule is [2H]C([2H])([2H])C(c1ccc(-c2ccnc(-c3[c-]c(-c4cccc5c4nc(-c4cc(C(C)(C)C)cc(C(C)(C)C)c4O)n5-c4ccc(-c5ccccc5)cc4C(C)(C)C)cc(C(C)(C)C)c3)c2)cc1)(C([2H])([2H])[2H])C([2H])([2H])[2H].[Pt]. The number of imidazole rings is 1. The van der Waals surface area contributed by atoms with E-state index in [9.17, 15) is 5.11 Å². The van der Waals surface area contributed by atoms with Gasteiger partial charge in [-0.2, -0.15) is 0 Å². The van der Waals surface area contributed by atoms with Gasteiger partial charge in [0.05, 0.1) is 22.3 Å². The van der Waals surface area contributed by atoms with Crippen molar-refractivity contribution in [3.05, 3.63) is 167 Å². The van der Waals surface area contributed by atoms with Crippen molar-refractivity contribution in [3.8, 4) is 67.5 Å². The summed E-state index contributed by atoms with van der Waals surface area (Å²) in [6.07, 6.45) is 1.67. The van der Waals surface area contributed by atoms with Crippen LogP contribution in [0.1, 0.15) is 144 Å². The Balaban J connectivity index is 0.00000840. The molecule has 67 heavy (non-hydrogen) atoms. The molecular weight excluding hydrogens is 998 g/mol. The fourth-order valence-corrected chi connectivity index (χ4v) is 8.65. The minimum absolute atomic E-state index is 0. The largest absolute Gasteiger partial charge is 0.507 e. The number of phenolic OH excluding ortho intramolecular Hbond substituents is 1. The Bertz CT molecular complexity index is 3400. The molecule has 8 rings (SSSR count). The minimum atomic E-state index is -3.37. The molecule has 0 aliphatic carbocycles. The van der Waals surface area contributed by atoms with Gasteiger partial charge in [-0.25, -0.2) is 4.98 Å². The number of para-hydroxylation sites is 1. The molecule has 0 fully saturated rings. The van der Waals surface area contributed by atoms with E-state index in [1.807, 2.05) is 18.2 Å². The molecule has 0 aliphatic rings. The standard InChI is InChI=1S/C62H68N3O.Pt/c1-58(2,3)45-27-24-40(25-28-45)42-30-31-63-52(36-42)44-32-43(33-46(34-44)59(4,5)6)48-22-19-23-54-55(48)64-57(49-37-47(60(7,8)9)38-51(56(49)66)62(13,14)15)65(54)53-29-26-41(35-50(53)61(10,11)12)39-20-17-16-18-21-39;/h16-31,33-38,66H,1-15H3;/q-1;/i1D3,2D3,3D3;. The van der Waals surface area contributed by atoms with Gasteiger partial charge >= 0.3 is 0 Å². The molecule has 0 bridgehead atoms. The van der Waals surface area contributed by atoms with Crippen molar-refractivity contribution in [1.29, 1.82) is 0 Å². The van der Waals surface area contributed by atoms with Crippen LogP contribution in [-0.4, -0.2) is 19.6 Å². The van der Waals surface area contributed by atoms with E-state index in [0.717, 1.165) is 61.2 Å². The van der Waals surface area contributed by atoms with E-state index in [2.05, 4.69) is 173 Å². The van der Waals surface area contributed by atoms with Crippen LogP contribution in [0, 0.1) is 6.07 Å². The molecule has 6 aromatic carbocycles. The van der Waals surface area contributed by atoms with Crippen LogP contribution >= 0.6 is 0 Å². The third-order valence-electron chi connectivity index (χ3n) is 12.6. The Labute approximate surface area is 427 Å². The first-order valence-electron chi connectivity index (χ1n) is 27.3. The third-order valence-corrected chi connectivity index (χ3v) is 12.6. The third kappa shape index (κ3) is 10.0. The van der Waals surface area contributed by atoms with Crippen LogP contribution < -0.4 is 0 Å². The number of fused-ring (bicyclic) bond motifs is 1. The Morgan fingerprint density at radius 3 is 1.73 bits per heavy atom. The number of phenols is 1. The number of rotatable bonds is 6. The van der Waals surface area contributed by atoms with Crippen LogP contribution in [0.3, 0.4) is 0 Å². The number of aromatic nitrogens is 3. The maximum atomic E-state index is 12.6. The molecule has 0 spiro atoms. The van der Waals surface area contributed by atoms with Crippen molar-refractivity contribution in [2.75, 3.05) is 0 Å². The Hall–Kier alpha value is -5.57. The van der Waals surface area contributed by atoms with Crippen molar-refractivity contribution in [2.45, 2.75) is 131 Å². The van der Waals surface area contributed by atoms with Gasteiger partial charge in [-0.1, -0.05) is 200 Å². The molecule has 2 heterocycles. The number of nitrogens with zero attached hydrogens (tertiary/aromatic N) is 3. The molecule has 0 aliphatic heterocycles. The van der Waals surface area contributed by atoms with Crippen LogP contribution in [0.25, 0.3) is 72.7 Å². The zero-order chi connectivity index (χ0) is 55.2. The van der Waals surface area contributed by atoms with Gasteiger partial charge in [0.2, 0.25) is 0 Å². The summed E-state index contributed by atoms with van der Waals surface area (Å²) < 4.78 is 76.2. The summed E-state index contributed by atoms with van der Waals surface area (Å²) in [6, 6.07) is 44.7. The Morgan fingerprint density at radius 1 is 0.507 bits per heavy atom. The second-order valence-corrected chi connectivity index (χ2v) is 21.9. The number of aromatic hydroxyl groups is 1. The maximum absolute atomic E-state index is 12.6. The quantitative estimate of drug-likeness (QED) is 0.169. The van der Waals surface area contributed by atoms with Gasteiger partial charge in [0.1, 0.15) is 11.6 Å². The average molecular weight is 1080 g/mol. The summed E-state index contributed by atoms with van der Waals surface area (Å²) in [5.41, 5.74) is 8.85. The molecule has 0 saturated carbocycles. The van der Waals surface area contributed by atoms with E-state index in [1.54, 1.807) is 24.4 Å². The molecule has 348 valence electrons. The van der Waals surface area contributed by atoms with Crippen LogP contribution in [0.2, 0.25) is 0 Å². The van der Waals surface area contributed by atoms with Gasteiger partial charge in [-0.15, -0.1) is 29.3 Å². The molecule has 4 nitrogen and oxygen atoms in total.